The minimum Gasteiger partial charge on any atom is -0.354 e. The van der Waals surface area contributed by atoms with Gasteiger partial charge in [0.25, 0.3) is 5.78 Å². The van der Waals surface area contributed by atoms with Crippen molar-refractivity contribution in [2.45, 2.75) is 51.2 Å². The number of nitrogens with one attached hydrogen (secondary N) is 1. The molecule has 8 heteroatoms. The molecule has 166 valence electrons. The van der Waals surface area contributed by atoms with Gasteiger partial charge in [-0.25, -0.2) is 9.50 Å². The first-order chi connectivity index (χ1) is 14.8. The fraction of sp³-hybridized carbons (Fsp3) is 0.478. The standard InChI is InChI=1S/C23H32N6OS/c1-7-17-8-10-18(11-9-17)20(28(4)5)14-24-21(30)13-12-19-15(2)25-22-26-23(31-6)27-29(22)16(19)3/h8-11,20H,7,12-14H2,1-6H3,(H,24,30). The fourth-order valence-electron chi connectivity index (χ4n) is 3.75. The van der Waals surface area contributed by atoms with Crippen LogP contribution in [0.3, 0.4) is 0 Å². The van der Waals surface area contributed by atoms with Gasteiger partial charge in [-0.05, 0) is 63.7 Å². The zero-order chi connectivity index (χ0) is 22.5. The average Bonchev–Trinajstić information content (AvgIpc) is 3.17. The van der Waals surface area contributed by atoms with E-state index in [2.05, 4.69) is 56.5 Å². The lowest BCUT2D eigenvalue weighted by molar-refractivity contribution is -0.121. The van der Waals surface area contributed by atoms with E-state index in [9.17, 15) is 4.79 Å². The van der Waals surface area contributed by atoms with E-state index in [1.165, 1.54) is 22.9 Å². The lowest BCUT2D eigenvalue weighted by atomic mass is 10.0. The van der Waals surface area contributed by atoms with E-state index in [0.29, 0.717) is 30.3 Å². The molecular weight excluding hydrogens is 408 g/mol. The van der Waals surface area contributed by atoms with Crippen molar-refractivity contribution in [3.63, 3.8) is 0 Å². The number of aromatic nitrogens is 4. The molecule has 1 atom stereocenters. The van der Waals surface area contributed by atoms with Gasteiger partial charge in [0.15, 0.2) is 0 Å². The number of hydrogen-bond acceptors (Lipinski definition) is 6. The fourth-order valence-corrected chi connectivity index (χ4v) is 4.09. The van der Waals surface area contributed by atoms with Crippen LogP contribution in [0.15, 0.2) is 29.4 Å². The molecule has 0 aliphatic carbocycles. The van der Waals surface area contributed by atoms with Crippen molar-refractivity contribution in [2.24, 2.45) is 0 Å². The monoisotopic (exact) mass is 440 g/mol. The maximum atomic E-state index is 12.6. The summed E-state index contributed by atoms with van der Waals surface area (Å²) in [4.78, 5) is 23.7. The van der Waals surface area contributed by atoms with Crippen LogP contribution in [-0.4, -0.2) is 57.3 Å². The molecule has 1 amide bonds. The van der Waals surface area contributed by atoms with Crippen molar-refractivity contribution < 1.29 is 4.79 Å². The summed E-state index contributed by atoms with van der Waals surface area (Å²) in [5, 5.41) is 8.30. The van der Waals surface area contributed by atoms with Crippen LogP contribution in [0.4, 0.5) is 0 Å². The molecule has 7 nitrogen and oxygen atoms in total. The largest absolute Gasteiger partial charge is 0.354 e. The lowest BCUT2D eigenvalue weighted by Crippen LogP contribution is -2.34. The number of aryl methyl sites for hydroxylation is 3. The molecule has 0 bridgehead atoms. The molecule has 0 saturated heterocycles. The maximum Gasteiger partial charge on any atom is 0.253 e. The SMILES string of the molecule is CCc1ccc(C(CNC(=O)CCc2c(C)nc3nc(SC)nn3c2C)N(C)C)cc1. The molecule has 0 radical (unpaired) electrons. The van der Waals surface area contributed by atoms with E-state index in [4.69, 9.17) is 0 Å². The van der Waals surface area contributed by atoms with Gasteiger partial charge in [0, 0.05) is 24.4 Å². The highest BCUT2D eigenvalue weighted by molar-refractivity contribution is 7.98. The Bertz CT molecular complexity index is 1040. The molecular formula is C23H32N6OS. The molecule has 3 aromatic rings. The molecule has 2 heterocycles. The number of hydrogen-bond donors (Lipinski definition) is 1. The van der Waals surface area contributed by atoms with Crippen molar-refractivity contribution in [1.82, 2.24) is 29.8 Å². The number of carbonyl (C=O) groups is 1. The Labute approximate surface area is 188 Å². The topological polar surface area (TPSA) is 75.4 Å². The van der Waals surface area contributed by atoms with Crippen LogP contribution >= 0.6 is 11.8 Å². The first kappa shape index (κ1) is 23.2. The predicted octanol–water partition coefficient (Wildman–Crippen LogP) is 3.38. The summed E-state index contributed by atoms with van der Waals surface area (Å²) in [6.07, 6.45) is 4.00. The Morgan fingerprint density at radius 2 is 1.90 bits per heavy atom. The number of carbonyl (C=O) groups excluding carboxylic acids is 1. The van der Waals surface area contributed by atoms with Gasteiger partial charge in [-0.15, -0.1) is 5.10 Å². The van der Waals surface area contributed by atoms with Crippen molar-refractivity contribution >= 4 is 23.4 Å². The second-order valence-corrected chi connectivity index (χ2v) is 8.72. The highest BCUT2D eigenvalue weighted by Gasteiger charge is 2.17. The van der Waals surface area contributed by atoms with E-state index < -0.39 is 0 Å². The number of nitrogens with zero attached hydrogens (tertiary/aromatic N) is 5. The molecule has 1 unspecified atom stereocenters. The highest BCUT2D eigenvalue weighted by Crippen LogP contribution is 2.20. The number of likely N-dealkylation sites (N-methyl/N-ethyl adjacent to an activating group) is 1. The van der Waals surface area contributed by atoms with Gasteiger partial charge < -0.3 is 10.2 Å². The molecule has 0 saturated carbocycles. The van der Waals surface area contributed by atoms with Gasteiger partial charge in [-0.2, -0.15) is 4.98 Å². The summed E-state index contributed by atoms with van der Waals surface area (Å²) in [7, 11) is 4.08. The van der Waals surface area contributed by atoms with Gasteiger partial charge in [-0.1, -0.05) is 43.0 Å². The Balaban J connectivity index is 1.63. The van der Waals surface area contributed by atoms with Gasteiger partial charge >= 0.3 is 0 Å². The van der Waals surface area contributed by atoms with E-state index >= 15 is 0 Å². The van der Waals surface area contributed by atoms with Crippen LogP contribution in [0.25, 0.3) is 5.78 Å². The normalized spacial score (nSPS) is 12.5. The zero-order valence-electron chi connectivity index (χ0n) is 19.3. The van der Waals surface area contributed by atoms with Crippen molar-refractivity contribution in [1.29, 1.82) is 0 Å². The average molecular weight is 441 g/mol. The first-order valence-corrected chi connectivity index (χ1v) is 11.8. The molecule has 31 heavy (non-hydrogen) atoms. The third kappa shape index (κ3) is 5.43. The zero-order valence-corrected chi connectivity index (χ0v) is 20.1. The van der Waals surface area contributed by atoms with Crippen molar-refractivity contribution in [3.8, 4) is 0 Å². The Morgan fingerprint density at radius 3 is 2.52 bits per heavy atom. The smallest absolute Gasteiger partial charge is 0.253 e. The molecule has 0 aliphatic rings. The van der Waals surface area contributed by atoms with Crippen molar-refractivity contribution in [3.05, 3.63) is 52.3 Å². The number of fused-ring (bicyclic) bond motifs is 1. The number of thioether (sulfide) groups is 1. The summed E-state index contributed by atoms with van der Waals surface area (Å²) < 4.78 is 1.77. The van der Waals surface area contributed by atoms with Crippen LogP contribution < -0.4 is 5.32 Å². The van der Waals surface area contributed by atoms with Crippen LogP contribution in [0, 0.1) is 13.8 Å². The van der Waals surface area contributed by atoms with Crippen LogP contribution in [0.5, 0.6) is 0 Å². The van der Waals surface area contributed by atoms with Gasteiger partial charge in [0.05, 0.1) is 6.04 Å². The minimum atomic E-state index is 0.0410. The van der Waals surface area contributed by atoms with Gasteiger partial charge in [0.1, 0.15) is 0 Å². The van der Waals surface area contributed by atoms with Crippen LogP contribution in [0.2, 0.25) is 0 Å². The first-order valence-electron chi connectivity index (χ1n) is 10.6. The van der Waals surface area contributed by atoms with E-state index in [1.807, 2.05) is 34.2 Å². The third-order valence-electron chi connectivity index (χ3n) is 5.70. The maximum absolute atomic E-state index is 12.6. The highest BCUT2D eigenvalue weighted by atomic mass is 32.2. The summed E-state index contributed by atoms with van der Waals surface area (Å²) in [5.74, 6) is 0.648. The molecule has 0 spiro atoms. The summed E-state index contributed by atoms with van der Waals surface area (Å²) in [6.45, 7) is 6.71. The second-order valence-electron chi connectivity index (χ2n) is 7.95. The van der Waals surface area contributed by atoms with E-state index in [0.717, 1.165) is 23.4 Å². The molecule has 3 rings (SSSR count). The quantitative estimate of drug-likeness (QED) is 0.514. The minimum absolute atomic E-state index is 0.0410. The van der Waals surface area contributed by atoms with Crippen LogP contribution in [0.1, 0.15) is 47.5 Å². The number of amides is 1. The molecule has 1 N–H and O–H groups in total. The van der Waals surface area contributed by atoms with Crippen LogP contribution in [-0.2, 0) is 17.6 Å². The Hall–Kier alpha value is -2.45. The molecule has 1 aromatic carbocycles. The molecule has 0 aliphatic heterocycles. The molecule has 2 aromatic heterocycles. The lowest BCUT2D eigenvalue weighted by Gasteiger charge is -2.25. The Kier molecular flexibility index (Phi) is 7.67. The summed E-state index contributed by atoms with van der Waals surface area (Å²) in [6, 6.07) is 8.77. The van der Waals surface area contributed by atoms with Gasteiger partial charge in [-0.3, -0.25) is 4.79 Å². The van der Waals surface area contributed by atoms with Gasteiger partial charge in [0.2, 0.25) is 11.1 Å². The summed E-state index contributed by atoms with van der Waals surface area (Å²) >= 11 is 1.49. The summed E-state index contributed by atoms with van der Waals surface area (Å²) in [5.41, 5.74) is 5.48. The van der Waals surface area contributed by atoms with E-state index in [-0.39, 0.29) is 11.9 Å². The number of benzene rings is 1. The third-order valence-corrected chi connectivity index (χ3v) is 6.24. The van der Waals surface area contributed by atoms with E-state index in [1.54, 1.807) is 4.52 Å². The Morgan fingerprint density at radius 1 is 1.19 bits per heavy atom. The number of rotatable bonds is 9. The molecule has 0 fully saturated rings. The predicted molar refractivity (Wildman–Crippen MR) is 126 cm³/mol. The second kappa shape index (κ2) is 10.2. The van der Waals surface area contributed by atoms with Crippen molar-refractivity contribution in [2.75, 3.05) is 26.9 Å².